The van der Waals surface area contributed by atoms with Gasteiger partial charge >= 0.3 is 11.9 Å². The monoisotopic (exact) mass is 320 g/mol. The van der Waals surface area contributed by atoms with E-state index in [1.165, 1.54) is 0 Å². The summed E-state index contributed by atoms with van der Waals surface area (Å²) in [6, 6.07) is 0. The van der Waals surface area contributed by atoms with E-state index in [2.05, 4.69) is 26.3 Å². The van der Waals surface area contributed by atoms with Crippen molar-refractivity contribution in [1.29, 1.82) is 0 Å². The van der Waals surface area contributed by atoms with Crippen LogP contribution in [0.1, 0.15) is 0 Å². The lowest BCUT2D eigenvalue weighted by atomic mass is 10.6. The van der Waals surface area contributed by atoms with Gasteiger partial charge in [0.15, 0.2) is 6.37 Å². The maximum absolute atomic E-state index is 10.8. The van der Waals surface area contributed by atoms with Gasteiger partial charge in [-0.05, 0) is 0 Å². The van der Waals surface area contributed by atoms with Crippen molar-refractivity contribution in [1.82, 2.24) is 0 Å². The van der Waals surface area contributed by atoms with Crippen molar-refractivity contribution in [3.05, 3.63) is 25.3 Å². The minimum atomic E-state index is -1.47. The van der Waals surface area contributed by atoms with E-state index in [4.69, 9.17) is 9.47 Å². The minimum absolute atomic E-state index is 0.385. The molecule has 0 N–H and O–H groups in total. The van der Waals surface area contributed by atoms with Gasteiger partial charge in [0.2, 0.25) is 0 Å². The van der Waals surface area contributed by atoms with Crippen LogP contribution in [0.4, 0.5) is 0 Å². The first-order chi connectivity index (χ1) is 8.91. The normalized spacial score (nSPS) is 10.6. The zero-order valence-corrected chi connectivity index (χ0v) is 14.0. The third kappa shape index (κ3) is 10.9. The van der Waals surface area contributed by atoms with Crippen LogP contribution in [0.25, 0.3) is 0 Å². The van der Waals surface area contributed by atoms with Gasteiger partial charge in [0.05, 0.1) is 0 Å². The Hall–Kier alpha value is -0.663. The number of hydrogen-bond donors (Lipinski definition) is 0. The van der Waals surface area contributed by atoms with E-state index in [0.29, 0.717) is 13.2 Å². The van der Waals surface area contributed by atoms with Crippen molar-refractivity contribution in [3.63, 3.8) is 0 Å². The number of esters is 2. The summed E-state index contributed by atoms with van der Waals surface area (Å²) in [6.07, 6.45) is 0.857. The summed E-state index contributed by atoms with van der Waals surface area (Å²) >= 11 is 3.65. The van der Waals surface area contributed by atoms with Gasteiger partial charge in [-0.15, -0.1) is 0 Å². The summed E-state index contributed by atoms with van der Waals surface area (Å²) in [7, 11) is 0. The van der Waals surface area contributed by atoms with Gasteiger partial charge in [0.25, 0.3) is 0 Å². The van der Waals surface area contributed by atoms with Crippen molar-refractivity contribution >= 4 is 40.7 Å². The van der Waals surface area contributed by atoms with Crippen LogP contribution in [-0.4, -0.2) is 43.0 Å². The van der Waals surface area contributed by atoms with Crippen molar-refractivity contribution in [2.75, 3.05) is 24.7 Å². The molecule has 108 valence electrons. The molecule has 7 heteroatoms. The fourth-order valence-corrected chi connectivity index (χ4v) is 8.37. The largest absolute Gasteiger partial charge is 0.462 e. The van der Waals surface area contributed by atoms with E-state index >= 15 is 0 Å². The van der Waals surface area contributed by atoms with Crippen LogP contribution in [0.15, 0.2) is 25.3 Å². The van der Waals surface area contributed by atoms with E-state index in [1.54, 1.807) is 0 Å². The zero-order valence-electron chi connectivity index (χ0n) is 11.3. The zero-order chi connectivity index (χ0) is 14.7. The Labute approximate surface area is 123 Å². The van der Waals surface area contributed by atoms with Crippen LogP contribution in [0.5, 0.6) is 0 Å². The predicted octanol–water partition coefficient (Wildman–Crippen LogP) is 2.61. The van der Waals surface area contributed by atoms with E-state index in [9.17, 15) is 9.59 Å². The molecule has 0 atom stereocenters. The van der Waals surface area contributed by atoms with Gasteiger partial charge in [-0.25, -0.2) is 9.59 Å². The van der Waals surface area contributed by atoms with Crippen molar-refractivity contribution in [2.45, 2.75) is 13.1 Å². The Morgan fingerprint density at radius 1 is 1.00 bits per heavy atom. The lowest BCUT2D eigenvalue weighted by Crippen LogP contribution is -2.20. The fraction of sp³-hybridized carbons (Fsp3) is 0.500. The summed E-state index contributed by atoms with van der Waals surface area (Å²) in [4.78, 5) is 21.7. The molecule has 4 nitrogen and oxygen atoms in total. The van der Waals surface area contributed by atoms with Crippen LogP contribution in [0.2, 0.25) is 13.1 Å². The van der Waals surface area contributed by atoms with Crippen LogP contribution in [-0.2, 0) is 19.1 Å². The van der Waals surface area contributed by atoms with Crippen LogP contribution in [0, 0.1) is 0 Å². The summed E-state index contributed by atoms with van der Waals surface area (Å²) in [5.74, 6) is 0.782. The number of ether oxygens (including phenoxy) is 2. The first kappa shape index (κ1) is 18.3. The molecule has 0 rings (SSSR count). The number of hydrogen-bond acceptors (Lipinski definition) is 6. The summed E-state index contributed by atoms with van der Waals surface area (Å²) in [5, 5.41) is 0. The molecule has 0 aliphatic heterocycles. The summed E-state index contributed by atoms with van der Waals surface area (Å²) in [6.45, 7) is 11.9. The molecule has 0 unspecified atom stereocenters. The Bertz CT molecular complexity index is 302. The highest BCUT2D eigenvalue weighted by Crippen LogP contribution is 2.31. The summed E-state index contributed by atoms with van der Waals surface area (Å²) in [5.41, 5.74) is 0. The van der Waals surface area contributed by atoms with Crippen LogP contribution in [0.3, 0.4) is 0 Å². The molecule has 0 radical (unpaired) electrons. The van der Waals surface area contributed by atoms with E-state index in [-0.39, 0.29) is 11.9 Å². The van der Waals surface area contributed by atoms with Gasteiger partial charge < -0.3 is 9.47 Å². The standard InChI is InChI=1S/C12H20O4S2Si/c1-5-11(13)15-7-9-17-19(3,4)18-10-8-16-12(14)6-2/h5-6H,1-2,7-10H2,3-4H3. The predicted molar refractivity (Wildman–Crippen MR) is 84.7 cm³/mol. The SMILES string of the molecule is C=CC(=O)OCCS[Si](C)(C)SCCOC(=O)C=C. The quantitative estimate of drug-likeness (QED) is 0.267. The first-order valence-electron chi connectivity index (χ1n) is 5.77. The van der Waals surface area contributed by atoms with Gasteiger partial charge in [0.1, 0.15) is 13.2 Å². The van der Waals surface area contributed by atoms with Gasteiger partial charge in [0, 0.05) is 23.7 Å². The maximum Gasteiger partial charge on any atom is 0.330 e. The van der Waals surface area contributed by atoms with Gasteiger partial charge in [-0.3, -0.25) is 0 Å². The second-order valence-electron chi connectivity index (χ2n) is 3.84. The Morgan fingerprint density at radius 2 is 1.37 bits per heavy atom. The highest BCUT2D eigenvalue weighted by atomic mass is 32.6. The van der Waals surface area contributed by atoms with E-state index in [1.807, 2.05) is 22.4 Å². The van der Waals surface area contributed by atoms with Gasteiger partial charge in [-0.2, -0.15) is 22.4 Å². The molecular weight excluding hydrogens is 300 g/mol. The molecule has 0 amide bonds. The molecule has 0 bridgehead atoms. The van der Waals surface area contributed by atoms with Gasteiger partial charge in [-0.1, -0.05) is 26.3 Å². The van der Waals surface area contributed by atoms with Crippen molar-refractivity contribution < 1.29 is 19.1 Å². The fourth-order valence-electron chi connectivity index (χ4n) is 1.02. The molecule has 0 heterocycles. The summed E-state index contributed by atoms with van der Waals surface area (Å²) < 4.78 is 9.83. The Kier molecular flexibility index (Phi) is 9.81. The Morgan fingerprint density at radius 3 is 1.68 bits per heavy atom. The number of rotatable bonds is 10. The van der Waals surface area contributed by atoms with Crippen LogP contribution < -0.4 is 0 Å². The maximum atomic E-state index is 10.8. The third-order valence-corrected chi connectivity index (χ3v) is 11.5. The lowest BCUT2D eigenvalue weighted by Gasteiger charge is -2.20. The average molecular weight is 321 g/mol. The second kappa shape index (κ2) is 10.2. The number of carbonyl (C=O) groups is 2. The van der Waals surface area contributed by atoms with E-state index in [0.717, 1.165) is 23.7 Å². The minimum Gasteiger partial charge on any atom is -0.462 e. The highest BCUT2D eigenvalue weighted by molar-refractivity contribution is 8.58. The number of carbonyl (C=O) groups excluding carboxylic acids is 2. The van der Waals surface area contributed by atoms with Crippen molar-refractivity contribution in [3.8, 4) is 0 Å². The van der Waals surface area contributed by atoms with Crippen LogP contribution >= 0.6 is 22.4 Å². The smallest absolute Gasteiger partial charge is 0.330 e. The topological polar surface area (TPSA) is 52.6 Å². The lowest BCUT2D eigenvalue weighted by molar-refractivity contribution is -0.138. The average Bonchev–Trinajstić information content (AvgIpc) is 2.39. The molecule has 0 aliphatic carbocycles. The second-order valence-corrected chi connectivity index (χ2v) is 16.7. The molecule has 0 aromatic carbocycles. The molecule has 0 fully saturated rings. The molecule has 0 saturated carbocycles. The molecule has 0 spiro atoms. The molecule has 0 aromatic rings. The van der Waals surface area contributed by atoms with E-state index < -0.39 is 6.37 Å². The molecule has 0 saturated heterocycles. The Balaban J connectivity index is 3.67. The molecule has 0 aliphatic rings. The molecule has 19 heavy (non-hydrogen) atoms. The molecular formula is C12H20O4S2Si. The first-order valence-corrected chi connectivity index (χ1v) is 12.2. The third-order valence-electron chi connectivity index (χ3n) is 1.89. The molecule has 0 aromatic heterocycles. The van der Waals surface area contributed by atoms with Crippen molar-refractivity contribution in [2.24, 2.45) is 0 Å². The highest BCUT2D eigenvalue weighted by Gasteiger charge is 2.22.